The third kappa shape index (κ3) is 2.82. The van der Waals surface area contributed by atoms with Crippen molar-refractivity contribution in [3.05, 3.63) is 42.2 Å². The van der Waals surface area contributed by atoms with Gasteiger partial charge in [-0.25, -0.2) is 0 Å². The SMILES string of the molecule is c1ccc(CCCOc2ccc3nnnn3n2)nc1. The summed E-state index contributed by atoms with van der Waals surface area (Å²) in [6.45, 7) is 0.581. The maximum atomic E-state index is 5.55. The summed E-state index contributed by atoms with van der Waals surface area (Å²) in [7, 11) is 0. The van der Waals surface area contributed by atoms with Crippen LogP contribution in [-0.2, 0) is 6.42 Å². The van der Waals surface area contributed by atoms with Crippen LogP contribution in [-0.4, -0.2) is 36.8 Å². The van der Waals surface area contributed by atoms with Crippen LogP contribution < -0.4 is 4.74 Å². The lowest BCUT2D eigenvalue weighted by Gasteiger charge is -2.04. The highest BCUT2D eigenvalue weighted by Crippen LogP contribution is 2.07. The first kappa shape index (κ1) is 11.5. The molecular formula is C12H12N6O. The van der Waals surface area contributed by atoms with Crippen LogP contribution in [0.3, 0.4) is 0 Å². The minimum atomic E-state index is 0.515. The quantitative estimate of drug-likeness (QED) is 0.632. The van der Waals surface area contributed by atoms with Crippen molar-refractivity contribution in [2.24, 2.45) is 0 Å². The van der Waals surface area contributed by atoms with Gasteiger partial charge in [0.15, 0.2) is 5.65 Å². The van der Waals surface area contributed by atoms with Crippen LogP contribution in [0.5, 0.6) is 5.88 Å². The van der Waals surface area contributed by atoms with Crippen molar-refractivity contribution in [2.45, 2.75) is 12.8 Å². The van der Waals surface area contributed by atoms with Crippen molar-refractivity contribution in [1.29, 1.82) is 0 Å². The molecule has 0 fully saturated rings. The topological polar surface area (TPSA) is 78.1 Å². The molecule has 3 aromatic rings. The molecule has 19 heavy (non-hydrogen) atoms. The zero-order valence-electron chi connectivity index (χ0n) is 10.2. The zero-order valence-corrected chi connectivity index (χ0v) is 10.2. The Morgan fingerprint density at radius 1 is 1.16 bits per heavy atom. The number of rotatable bonds is 5. The summed E-state index contributed by atoms with van der Waals surface area (Å²) in [5.74, 6) is 0.515. The van der Waals surface area contributed by atoms with Gasteiger partial charge in [-0.05, 0) is 41.5 Å². The monoisotopic (exact) mass is 256 g/mol. The van der Waals surface area contributed by atoms with Crippen LogP contribution >= 0.6 is 0 Å². The summed E-state index contributed by atoms with van der Waals surface area (Å²) in [5, 5.41) is 15.1. The summed E-state index contributed by atoms with van der Waals surface area (Å²) in [4.78, 5) is 4.26. The van der Waals surface area contributed by atoms with Gasteiger partial charge in [0.2, 0.25) is 5.88 Å². The average Bonchev–Trinajstić information content (AvgIpc) is 2.92. The Morgan fingerprint density at radius 2 is 2.16 bits per heavy atom. The van der Waals surface area contributed by atoms with E-state index < -0.39 is 0 Å². The second-order valence-corrected chi connectivity index (χ2v) is 3.97. The molecule has 0 bridgehead atoms. The van der Waals surface area contributed by atoms with E-state index in [-0.39, 0.29) is 0 Å². The van der Waals surface area contributed by atoms with Crippen LogP contribution in [0.25, 0.3) is 5.65 Å². The first-order valence-electron chi connectivity index (χ1n) is 6.00. The molecule has 0 saturated heterocycles. The average molecular weight is 256 g/mol. The lowest BCUT2D eigenvalue weighted by Crippen LogP contribution is -2.04. The van der Waals surface area contributed by atoms with Crippen LogP contribution in [0.15, 0.2) is 36.5 Å². The molecule has 7 heteroatoms. The smallest absolute Gasteiger partial charge is 0.233 e. The van der Waals surface area contributed by atoms with E-state index in [1.807, 2.05) is 18.2 Å². The van der Waals surface area contributed by atoms with E-state index in [0.717, 1.165) is 18.5 Å². The minimum Gasteiger partial charge on any atom is -0.477 e. The lowest BCUT2D eigenvalue weighted by atomic mass is 10.2. The van der Waals surface area contributed by atoms with Crippen LogP contribution in [0, 0.1) is 0 Å². The summed E-state index contributed by atoms with van der Waals surface area (Å²) >= 11 is 0. The maximum Gasteiger partial charge on any atom is 0.233 e. The van der Waals surface area contributed by atoms with Gasteiger partial charge in [0, 0.05) is 18.0 Å². The van der Waals surface area contributed by atoms with Crippen molar-refractivity contribution in [1.82, 2.24) is 30.2 Å². The summed E-state index contributed by atoms with van der Waals surface area (Å²) in [6.07, 6.45) is 3.56. The molecule has 3 heterocycles. The van der Waals surface area contributed by atoms with Gasteiger partial charge in [-0.3, -0.25) is 4.98 Å². The molecule has 0 aliphatic heterocycles. The standard InChI is InChI=1S/C12H12N6O/c1-2-8-13-10(4-1)5-3-9-19-12-7-6-11-14-16-17-18(11)15-12/h1-2,4,6-8H,3,5,9H2. The van der Waals surface area contributed by atoms with E-state index in [4.69, 9.17) is 4.74 Å². The number of nitrogens with zero attached hydrogens (tertiary/aromatic N) is 6. The Bertz CT molecular complexity index is 653. The number of hydrogen-bond donors (Lipinski definition) is 0. The Balaban J connectivity index is 1.52. The van der Waals surface area contributed by atoms with Crippen LogP contribution in [0.2, 0.25) is 0 Å². The Labute approximate surface area is 109 Å². The molecular weight excluding hydrogens is 244 g/mol. The molecule has 0 amide bonds. The largest absolute Gasteiger partial charge is 0.477 e. The van der Waals surface area contributed by atoms with Gasteiger partial charge < -0.3 is 4.74 Å². The Hall–Kier alpha value is -2.57. The van der Waals surface area contributed by atoms with Gasteiger partial charge in [0.05, 0.1) is 6.61 Å². The van der Waals surface area contributed by atoms with Crippen molar-refractivity contribution in [3.8, 4) is 5.88 Å². The van der Waals surface area contributed by atoms with E-state index >= 15 is 0 Å². The molecule has 0 spiro atoms. The predicted octanol–water partition coefficient (Wildman–Crippen LogP) is 0.926. The molecule has 3 rings (SSSR count). The van der Waals surface area contributed by atoms with Crippen molar-refractivity contribution < 1.29 is 4.74 Å². The predicted molar refractivity (Wildman–Crippen MR) is 66.6 cm³/mol. The molecule has 0 N–H and O–H groups in total. The Morgan fingerprint density at radius 3 is 3.05 bits per heavy atom. The molecule has 0 aromatic carbocycles. The fraction of sp³-hybridized carbons (Fsp3) is 0.250. The lowest BCUT2D eigenvalue weighted by molar-refractivity contribution is 0.292. The van der Waals surface area contributed by atoms with Gasteiger partial charge in [-0.15, -0.1) is 14.8 Å². The van der Waals surface area contributed by atoms with Crippen LogP contribution in [0.4, 0.5) is 0 Å². The second kappa shape index (κ2) is 5.38. The van der Waals surface area contributed by atoms with Gasteiger partial charge in [0.1, 0.15) is 0 Å². The number of aryl methyl sites for hydroxylation is 1. The molecule has 0 radical (unpaired) electrons. The molecule has 0 aliphatic rings. The van der Waals surface area contributed by atoms with Crippen LogP contribution in [0.1, 0.15) is 12.1 Å². The first-order valence-corrected chi connectivity index (χ1v) is 6.00. The van der Waals surface area contributed by atoms with Gasteiger partial charge in [-0.1, -0.05) is 6.07 Å². The zero-order chi connectivity index (χ0) is 12.9. The fourth-order valence-electron chi connectivity index (χ4n) is 1.69. The number of fused-ring (bicyclic) bond motifs is 1. The summed E-state index contributed by atoms with van der Waals surface area (Å²) in [6, 6.07) is 9.42. The van der Waals surface area contributed by atoms with E-state index in [1.165, 1.54) is 4.63 Å². The normalized spacial score (nSPS) is 10.7. The number of hydrogen-bond acceptors (Lipinski definition) is 6. The van der Waals surface area contributed by atoms with Gasteiger partial charge >= 0.3 is 0 Å². The van der Waals surface area contributed by atoms with E-state index in [9.17, 15) is 0 Å². The minimum absolute atomic E-state index is 0.515. The van der Waals surface area contributed by atoms with E-state index in [1.54, 1.807) is 18.3 Å². The van der Waals surface area contributed by atoms with E-state index in [2.05, 4.69) is 25.6 Å². The Kier molecular flexibility index (Phi) is 3.26. The van der Waals surface area contributed by atoms with E-state index in [0.29, 0.717) is 18.1 Å². The number of ether oxygens (including phenoxy) is 1. The molecule has 0 atom stereocenters. The second-order valence-electron chi connectivity index (χ2n) is 3.97. The molecule has 0 aliphatic carbocycles. The fourth-order valence-corrected chi connectivity index (χ4v) is 1.69. The maximum absolute atomic E-state index is 5.55. The highest BCUT2D eigenvalue weighted by molar-refractivity contribution is 5.34. The molecule has 3 aromatic heterocycles. The van der Waals surface area contributed by atoms with Gasteiger partial charge in [0.25, 0.3) is 0 Å². The highest BCUT2D eigenvalue weighted by atomic mass is 16.5. The van der Waals surface area contributed by atoms with Crippen molar-refractivity contribution in [3.63, 3.8) is 0 Å². The number of tetrazole rings is 1. The number of aromatic nitrogens is 6. The van der Waals surface area contributed by atoms with Crippen molar-refractivity contribution in [2.75, 3.05) is 6.61 Å². The molecule has 0 unspecified atom stereocenters. The van der Waals surface area contributed by atoms with Crippen molar-refractivity contribution >= 4 is 5.65 Å². The summed E-state index contributed by atoms with van der Waals surface area (Å²) < 4.78 is 6.89. The summed E-state index contributed by atoms with van der Waals surface area (Å²) in [5.41, 5.74) is 1.66. The highest BCUT2D eigenvalue weighted by Gasteiger charge is 2.01. The third-order valence-corrected chi connectivity index (χ3v) is 2.60. The molecule has 7 nitrogen and oxygen atoms in total. The molecule has 96 valence electrons. The number of pyridine rings is 1. The molecule has 0 saturated carbocycles. The first-order chi connectivity index (χ1) is 9.42. The van der Waals surface area contributed by atoms with Gasteiger partial charge in [-0.2, -0.15) is 0 Å². The third-order valence-electron chi connectivity index (χ3n) is 2.60.